The Morgan fingerprint density at radius 2 is 1.55 bits per heavy atom. The van der Waals surface area contributed by atoms with Gasteiger partial charge >= 0.3 is 0 Å². The van der Waals surface area contributed by atoms with Gasteiger partial charge in [-0.25, -0.2) is 0 Å². The van der Waals surface area contributed by atoms with Crippen LogP contribution in [-0.4, -0.2) is 45.3 Å². The Labute approximate surface area is 189 Å². The molecular formula is C27H48O4. The lowest BCUT2D eigenvalue weighted by Crippen LogP contribution is -2.58. The Balaban J connectivity index is 1.52. The second kappa shape index (κ2) is 8.89. The molecule has 12 atom stereocenters. The fourth-order valence-electron chi connectivity index (χ4n) is 9.34. The highest BCUT2D eigenvalue weighted by Crippen LogP contribution is 2.68. The van der Waals surface area contributed by atoms with E-state index in [9.17, 15) is 20.4 Å². The van der Waals surface area contributed by atoms with Crippen molar-refractivity contribution < 1.29 is 20.4 Å². The fourth-order valence-corrected chi connectivity index (χ4v) is 9.34. The topological polar surface area (TPSA) is 80.9 Å². The van der Waals surface area contributed by atoms with Crippen molar-refractivity contribution in [2.75, 3.05) is 6.61 Å². The highest BCUT2D eigenvalue weighted by molar-refractivity contribution is 5.13. The summed E-state index contributed by atoms with van der Waals surface area (Å²) in [6, 6.07) is 0. The Morgan fingerprint density at radius 3 is 2.26 bits per heavy atom. The first-order valence-corrected chi connectivity index (χ1v) is 13.3. The molecule has 4 nitrogen and oxygen atoms in total. The molecule has 0 spiro atoms. The molecule has 4 saturated carbocycles. The predicted octanol–water partition coefficient (Wildman–Crippen LogP) is 4.38. The summed E-state index contributed by atoms with van der Waals surface area (Å²) >= 11 is 0. The van der Waals surface area contributed by atoms with E-state index < -0.39 is 0 Å². The van der Waals surface area contributed by atoms with Gasteiger partial charge in [0.25, 0.3) is 0 Å². The Kier molecular flexibility index (Phi) is 6.88. The molecule has 4 fully saturated rings. The van der Waals surface area contributed by atoms with Crippen molar-refractivity contribution in [3.63, 3.8) is 0 Å². The molecular weight excluding hydrogens is 388 g/mol. The van der Waals surface area contributed by atoms with Gasteiger partial charge in [0.05, 0.1) is 18.3 Å². The lowest BCUT2D eigenvalue weighted by Gasteiger charge is -2.62. The summed E-state index contributed by atoms with van der Waals surface area (Å²) < 4.78 is 0. The molecule has 0 heterocycles. The number of aliphatic hydroxyl groups is 4. The summed E-state index contributed by atoms with van der Waals surface area (Å²) in [5, 5.41) is 42.2. The molecule has 4 aliphatic carbocycles. The molecule has 0 unspecified atom stereocenters. The zero-order chi connectivity index (χ0) is 22.6. The SMILES string of the molecule is C[C@H](CO)CCC[C@@H](C)[C@H]1[C@H](O)C[C@@H]2[C@@H]3[C@H](O)C[C@H]4C[C@@H](O)CC[C@]4(C)[C@@H]3CC[C@]12C. The molecule has 4 aliphatic rings. The molecule has 0 radical (unpaired) electrons. The van der Waals surface area contributed by atoms with Crippen molar-refractivity contribution in [2.24, 2.45) is 52.3 Å². The summed E-state index contributed by atoms with van der Waals surface area (Å²) in [6.45, 7) is 9.57. The van der Waals surface area contributed by atoms with Crippen molar-refractivity contribution in [3.05, 3.63) is 0 Å². The molecule has 0 saturated heterocycles. The van der Waals surface area contributed by atoms with Crippen LogP contribution in [-0.2, 0) is 0 Å². The van der Waals surface area contributed by atoms with Crippen LogP contribution in [0.15, 0.2) is 0 Å². The molecule has 0 aromatic carbocycles. The summed E-state index contributed by atoms with van der Waals surface area (Å²) in [5.41, 5.74) is 0.348. The van der Waals surface area contributed by atoms with E-state index in [0.29, 0.717) is 41.4 Å². The van der Waals surface area contributed by atoms with Crippen LogP contribution in [0.3, 0.4) is 0 Å². The van der Waals surface area contributed by atoms with Gasteiger partial charge in [-0.3, -0.25) is 0 Å². The lowest BCUT2D eigenvalue weighted by atomic mass is 9.43. The minimum Gasteiger partial charge on any atom is -0.396 e. The van der Waals surface area contributed by atoms with Crippen LogP contribution >= 0.6 is 0 Å². The third-order valence-corrected chi connectivity index (χ3v) is 11.0. The first kappa shape index (κ1) is 24.0. The maximum Gasteiger partial charge on any atom is 0.0579 e. The Morgan fingerprint density at radius 1 is 0.839 bits per heavy atom. The number of aliphatic hydroxyl groups excluding tert-OH is 4. The zero-order valence-electron chi connectivity index (χ0n) is 20.3. The van der Waals surface area contributed by atoms with Gasteiger partial charge in [-0.15, -0.1) is 0 Å². The minimum atomic E-state index is -0.287. The minimum absolute atomic E-state index is 0.112. The van der Waals surface area contributed by atoms with Crippen LogP contribution in [0.2, 0.25) is 0 Å². The molecule has 0 amide bonds. The van der Waals surface area contributed by atoms with Crippen molar-refractivity contribution in [2.45, 2.75) is 110 Å². The number of hydrogen-bond donors (Lipinski definition) is 4. The van der Waals surface area contributed by atoms with Crippen LogP contribution in [0.5, 0.6) is 0 Å². The molecule has 4 N–H and O–H groups in total. The van der Waals surface area contributed by atoms with Gasteiger partial charge in [0.15, 0.2) is 0 Å². The van der Waals surface area contributed by atoms with Crippen molar-refractivity contribution in [1.82, 2.24) is 0 Å². The molecule has 0 aliphatic heterocycles. The van der Waals surface area contributed by atoms with Crippen LogP contribution in [0, 0.1) is 52.3 Å². The van der Waals surface area contributed by atoms with Crippen LogP contribution < -0.4 is 0 Å². The largest absolute Gasteiger partial charge is 0.396 e. The summed E-state index contributed by atoms with van der Waals surface area (Å²) in [4.78, 5) is 0. The van der Waals surface area contributed by atoms with E-state index in [2.05, 4.69) is 27.7 Å². The molecule has 0 bridgehead atoms. The van der Waals surface area contributed by atoms with E-state index in [1.165, 1.54) is 0 Å². The maximum absolute atomic E-state index is 11.4. The molecule has 0 aromatic heterocycles. The van der Waals surface area contributed by atoms with Gasteiger partial charge in [-0.1, -0.05) is 40.5 Å². The van der Waals surface area contributed by atoms with E-state index >= 15 is 0 Å². The second-order valence-electron chi connectivity index (χ2n) is 12.8. The van der Waals surface area contributed by atoms with Crippen LogP contribution in [0.1, 0.15) is 91.9 Å². The molecule has 31 heavy (non-hydrogen) atoms. The fraction of sp³-hybridized carbons (Fsp3) is 1.00. The second-order valence-corrected chi connectivity index (χ2v) is 12.8. The first-order chi connectivity index (χ1) is 14.6. The van der Waals surface area contributed by atoms with Crippen LogP contribution in [0.25, 0.3) is 0 Å². The van der Waals surface area contributed by atoms with E-state index in [1.807, 2.05) is 0 Å². The summed E-state index contributed by atoms with van der Waals surface area (Å²) in [7, 11) is 0. The van der Waals surface area contributed by atoms with Crippen molar-refractivity contribution >= 4 is 0 Å². The Hall–Kier alpha value is -0.160. The lowest BCUT2D eigenvalue weighted by molar-refractivity contribution is -0.174. The average molecular weight is 437 g/mol. The van der Waals surface area contributed by atoms with Crippen molar-refractivity contribution in [1.29, 1.82) is 0 Å². The number of rotatable bonds is 6. The standard InChI is InChI=1S/C27H48O4/c1-16(15-28)6-5-7-17(2)25-23(31)14-21-24-20(9-11-27(21,25)4)26(3)10-8-19(29)12-18(26)13-22(24)30/h16-25,28-31H,5-15H2,1-4H3/t16-,17+,18+,19-,20+,21+,22+,23+,24+,25-,26-,27-/m0/s1. The summed E-state index contributed by atoms with van der Waals surface area (Å²) in [5.74, 6) is 2.82. The van der Waals surface area contributed by atoms with Gasteiger partial charge in [0, 0.05) is 6.61 Å². The van der Waals surface area contributed by atoms with Gasteiger partial charge in [0.1, 0.15) is 0 Å². The van der Waals surface area contributed by atoms with Gasteiger partial charge < -0.3 is 20.4 Å². The third kappa shape index (κ3) is 4.02. The van der Waals surface area contributed by atoms with Gasteiger partial charge in [-0.05, 0) is 104 Å². The maximum atomic E-state index is 11.4. The average Bonchev–Trinajstić information content (AvgIpc) is 2.99. The quantitative estimate of drug-likeness (QED) is 0.498. The normalized spacial score (nSPS) is 51.5. The molecule has 4 heteroatoms. The molecule has 0 aromatic rings. The summed E-state index contributed by atoms with van der Waals surface area (Å²) in [6.07, 6.45) is 9.39. The van der Waals surface area contributed by atoms with E-state index in [4.69, 9.17) is 0 Å². The first-order valence-electron chi connectivity index (χ1n) is 13.3. The van der Waals surface area contributed by atoms with Crippen molar-refractivity contribution in [3.8, 4) is 0 Å². The Bertz CT molecular complexity index is 624. The zero-order valence-corrected chi connectivity index (χ0v) is 20.3. The highest BCUT2D eigenvalue weighted by atomic mass is 16.3. The monoisotopic (exact) mass is 436 g/mol. The van der Waals surface area contributed by atoms with Gasteiger partial charge in [-0.2, -0.15) is 0 Å². The van der Waals surface area contributed by atoms with E-state index in [-0.39, 0.29) is 35.7 Å². The molecule has 180 valence electrons. The molecule has 4 rings (SSSR count). The number of fused-ring (bicyclic) bond motifs is 5. The third-order valence-electron chi connectivity index (χ3n) is 11.0. The van der Waals surface area contributed by atoms with E-state index in [1.54, 1.807) is 0 Å². The van der Waals surface area contributed by atoms with Crippen LogP contribution in [0.4, 0.5) is 0 Å². The predicted molar refractivity (Wildman–Crippen MR) is 123 cm³/mol. The van der Waals surface area contributed by atoms with Gasteiger partial charge in [0.2, 0.25) is 0 Å². The highest BCUT2D eigenvalue weighted by Gasteiger charge is 2.64. The van der Waals surface area contributed by atoms with E-state index in [0.717, 1.165) is 64.2 Å². The number of hydrogen-bond acceptors (Lipinski definition) is 4. The smallest absolute Gasteiger partial charge is 0.0579 e.